The summed E-state index contributed by atoms with van der Waals surface area (Å²) in [6, 6.07) is 6.60. The lowest BCUT2D eigenvalue weighted by atomic mass is 9.55. The van der Waals surface area contributed by atoms with E-state index in [4.69, 9.17) is 33.5 Å². The van der Waals surface area contributed by atoms with Crippen LogP contribution in [0.2, 0.25) is 0 Å². The van der Waals surface area contributed by atoms with E-state index in [0.717, 1.165) is 37.9 Å². The Bertz CT molecular complexity index is 861. The fraction of sp³-hybridized carbons (Fsp3) is 0.767. The maximum absolute atomic E-state index is 12.5. The second-order valence-corrected chi connectivity index (χ2v) is 10.8. The molecule has 8 heteroatoms. The van der Waals surface area contributed by atoms with Gasteiger partial charge >= 0.3 is 0 Å². The Morgan fingerprint density at radius 1 is 0.789 bits per heavy atom. The lowest BCUT2D eigenvalue weighted by Gasteiger charge is -2.48. The van der Waals surface area contributed by atoms with E-state index in [0.29, 0.717) is 96.2 Å². The normalized spacial score (nSPS) is 26.2. The second-order valence-electron chi connectivity index (χ2n) is 10.8. The zero-order valence-electron chi connectivity index (χ0n) is 23.0. The first-order valence-electron chi connectivity index (χ1n) is 14.4. The third kappa shape index (κ3) is 7.77. The molecule has 0 aromatic heterocycles. The zero-order chi connectivity index (χ0) is 26.6. The molecule has 0 bridgehead atoms. The average molecular weight is 535 g/mol. The van der Waals surface area contributed by atoms with Crippen molar-refractivity contribution in [2.24, 2.45) is 17.3 Å². The van der Waals surface area contributed by atoms with Gasteiger partial charge in [-0.15, -0.1) is 0 Å². The van der Waals surface area contributed by atoms with Crippen LogP contribution in [-0.2, 0) is 34.9 Å². The summed E-state index contributed by atoms with van der Waals surface area (Å²) < 4.78 is 33.0. The number of hydrogen-bond donors (Lipinski definition) is 1. The van der Waals surface area contributed by atoms with E-state index in [1.54, 1.807) is 0 Å². The van der Waals surface area contributed by atoms with E-state index in [1.165, 1.54) is 17.5 Å². The molecule has 214 valence electrons. The van der Waals surface area contributed by atoms with Crippen molar-refractivity contribution < 1.29 is 38.3 Å². The van der Waals surface area contributed by atoms with Crippen LogP contribution in [-0.4, -0.2) is 90.2 Å². The Morgan fingerprint density at radius 2 is 1.39 bits per heavy atom. The van der Waals surface area contributed by atoms with Crippen molar-refractivity contribution in [2.45, 2.75) is 51.4 Å². The largest absolute Gasteiger partial charge is 0.491 e. The maximum Gasteiger partial charge on any atom is 0.139 e. The smallest absolute Gasteiger partial charge is 0.139 e. The van der Waals surface area contributed by atoms with Crippen molar-refractivity contribution in [3.05, 3.63) is 29.3 Å². The van der Waals surface area contributed by atoms with E-state index < -0.39 is 0 Å². The number of rotatable bonds is 18. The van der Waals surface area contributed by atoms with E-state index >= 15 is 0 Å². The fourth-order valence-corrected chi connectivity index (χ4v) is 6.68. The van der Waals surface area contributed by atoms with Crippen molar-refractivity contribution in [3.8, 4) is 5.75 Å². The number of hydrogen-bond acceptors (Lipinski definition) is 8. The number of aliphatic hydroxyl groups excluding tert-OH is 1. The van der Waals surface area contributed by atoms with Crippen molar-refractivity contribution >= 4 is 5.78 Å². The molecular weight excluding hydrogens is 488 g/mol. The van der Waals surface area contributed by atoms with Gasteiger partial charge in [0, 0.05) is 11.8 Å². The highest BCUT2D eigenvalue weighted by Gasteiger charge is 2.54. The van der Waals surface area contributed by atoms with Crippen molar-refractivity contribution in [1.29, 1.82) is 0 Å². The predicted molar refractivity (Wildman–Crippen MR) is 143 cm³/mol. The summed E-state index contributed by atoms with van der Waals surface area (Å²) in [6.45, 7) is 7.74. The van der Waals surface area contributed by atoms with Gasteiger partial charge in [-0.2, -0.15) is 0 Å². The Labute approximate surface area is 227 Å². The number of aryl methyl sites for hydroxylation is 1. The van der Waals surface area contributed by atoms with E-state index in [-0.39, 0.29) is 12.0 Å². The molecular formula is C30H46O8. The summed E-state index contributed by atoms with van der Waals surface area (Å²) in [5, 5.41) is 8.60. The first kappa shape index (κ1) is 29.4. The number of ketones is 1. The second kappa shape index (κ2) is 15.3. The van der Waals surface area contributed by atoms with Gasteiger partial charge in [-0.05, 0) is 73.1 Å². The van der Waals surface area contributed by atoms with Gasteiger partial charge in [0.1, 0.15) is 18.1 Å². The molecule has 0 spiro atoms. The molecule has 0 amide bonds. The highest BCUT2D eigenvalue weighted by atomic mass is 16.6. The highest BCUT2D eigenvalue weighted by molar-refractivity contribution is 5.87. The van der Waals surface area contributed by atoms with Crippen LogP contribution in [0.3, 0.4) is 0 Å². The molecule has 3 aliphatic rings. The molecule has 1 N–H and O–H groups in total. The van der Waals surface area contributed by atoms with Gasteiger partial charge in [-0.3, -0.25) is 4.79 Å². The SMILES string of the molecule is C[C@]12CC[C@@H]3c4ccc(OCCOCCOCCOCCOCCOCCO)cc4CC[C@H]3[C@@H]1CCC2=O. The third-order valence-electron chi connectivity index (χ3n) is 8.63. The Balaban J connectivity index is 1.02. The molecule has 4 atom stereocenters. The molecule has 0 unspecified atom stereocenters. The number of fused-ring (bicyclic) bond motifs is 5. The maximum atomic E-state index is 12.5. The van der Waals surface area contributed by atoms with Crippen LogP contribution in [0.1, 0.15) is 56.1 Å². The predicted octanol–water partition coefficient (Wildman–Crippen LogP) is 3.57. The summed E-state index contributed by atoms with van der Waals surface area (Å²) in [5.74, 6) is 3.25. The summed E-state index contributed by atoms with van der Waals surface area (Å²) >= 11 is 0. The molecule has 2 fully saturated rings. The minimum atomic E-state index is -0.0616. The Morgan fingerprint density at radius 3 is 2.03 bits per heavy atom. The number of carbonyl (C=O) groups excluding carboxylic acids is 1. The van der Waals surface area contributed by atoms with Gasteiger partial charge in [0.2, 0.25) is 0 Å². The van der Waals surface area contributed by atoms with Crippen molar-refractivity contribution in [1.82, 2.24) is 0 Å². The van der Waals surface area contributed by atoms with Crippen LogP contribution in [0.4, 0.5) is 0 Å². The summed E-state index contributed by atoms with van der Waals surface area (Å²) in [5.41, 5.74) is 2.85. The molecule has 1 aromatic rings. The van der Waals surface area contributed by atoms with Gasteiger partial charge in [0.15, 0.2) is 0 Å². The van der Waals surface area contributed by atoms with Gasteiger partial charge < -0.3 is 33.5 Å². The van der Waals surface area contributed by atoms with Crippen LogP contribution in [0.25, 0.3) is 0 Å². The van der Waals surface area contributed by atoms with E-state index in [2.05, 4.69) is 25.1 Å². The molecule has 38 heavy (non-hydrogen) atoms. The van der Waals surface area contributed by atoms with Crippen LogP contribution < -0.4 is 4.74 Å². The summed E-state index contributed by atoms with van der Waals surface area (Å²) in [6.07, 6.45) is 6.33. The molecule has 0 radical (unpaired) electrons. The van der Waals surface area contributed by atoms with Crippen LogP contribution in [0, 0.1) is 17.3 Å². The molecule has 1 aromatic carbocycles. The average Bonchev–Trinajstić information content (AvgIpc) is 3.24. The number of carbonyl (C=O) groups is 1. The summed E-state index contributed by atoms with van der Waals surface area (Å²) in [7, 11) is 0. The number of ether oxygens (including phenoxy) is 6. The zero-order valence-corrected chi connectivity index (χ0v) is 23.0. The quantitative estimate of drug-likeness (QED) is 0.286. The molecule has 0 heterocycles. The van der Waals surface area contributed by atoms with Gasteiger partial charge in [-0.1, -0.05) is 13.0 Å². The first-order chi connectivity index (χ1) is 18.6. The lowest BCUT2D eigenvalue weighted by Crippen LogP contribution is -2.42. The fourth-order valence-electron chi connectivity index (χ4n) is 6.68. The third-order valence-corrected chi connectivity index (χ3v) is 8.63. The standard InChI is InChI=1S/C30H46O8/c1-30-9-8-26-25-5-3-24(22-23(25)2-4-27(26)28(30)6-7-29(30)32)38-21-20-37-19-18-36-17-16-35-15-14-34-13-12-33-11-10-31/h3,5,22,26-28,31H,2,4,6-21H2,1H3/t26-,27-,28+,30+/m1/s1. The van der Waals surface area contributed by atoms with Gasteiger partial charge in [-0.25, -0.2) is 0 Å². The number of Topliss-reactive ketones (excluding diaryl/α,β-unsaturated/α-hetero) is 1. The first-order valence-corrected chi connectivity index (χ1v) is 14.4. The Hall–Kier alpha value is -1.55. The molecule has 3 aliphatic carbocycles. The van der Waals surface area contributed by atoms with Crippen molar-refractivity contribution in [3.63, 3.8) is 0 Å². The van der Waals surface area contributed by atoms with Gasteiger partial charge in [0.05, 0.1) is 72.7 Å². The molecule has 0 aliphatic heterocycles. The molecule has 4 rings (SSSR count). The topological polar surface area (TPSA) is 92.7 Å². The van der Waals surface area contributed by atoms with Crippen LogP contribution in [0.5, 0.6) is 5.75 Å². The minimum Gasteiger partial charge on any atom is -0.491 e. The minimum absolute atomic E-state index is 0.0321. The molecule has 8 nitrogen and oxygen atoms in total. The summed E-state index contributed by atoms with van der Waals surface area (Å²) in [4.78, 5) is 12.5. The van der Waals surface area contributed by atoms with Crippen LogP contribution >= 0.6 is 0 Å². The molecule has 0 saturated heterocycles. The number of benzene rings is 1. The van der Waals surface area contributed by atoms with E-state index in [9.17, 15) is 4.79 Å². The highest BCUT2D eigenvalue weighted by Crippen LogP contribution is 2.59. The van der Waals surface area contributed by atoms with Gasteiger partial charge in [0.25, 0.3) is 0 Å². The Kier molecular flexibility index (Phi) is 11.8. The van der Waals surface area contributed by atoms with Crippen LogP contribution in [0.15, 0.2) is 18.2 Å². The lowest BCUT2D eigenvalue weighted by molar-refractivity contribution is -0.129. The van der Waals surface area contributed by atoms with Crippen molar-refractivity contribution in [2.75, 3.05) is 79.3 Å². The monoisotopic (exact) mass is 534 g/mol. The van der Waals surface area contributed by atoms with E-state index in [1.807, 2.05) is 0 Å². The molecule has 2 saturated carbocycles. The number of aliphatic hydroxyl groups is 1.